The average Bonchev–Trinajstić information content (AvgIpc) is 3.57. The average molecular weight is 535 g/mol. The fourth-order valence-corrected chi connectivity index (χ4v) is 6.25. The first-order valence-electron chi connectivity index (χ1n) is 13.8. The highest BCUT2D eigenvalue weighted by atomic mass is 15.0. The van der Waals surface area contributed by atoms with Crippen LogP contribution in [0.2, 0.25) is 0 Å². The molecule has 0 amide bonds. The molecule has 0 saturated carbocycles. The van der Waals surface area contributed by atoms with Gasteiger partial charge in [-0.15, -0.1) is 0 Å². The molecule has 0 aliphatic carbocycles. The third-order valence-electron chi connectivity index (χ3n) is 8.15. The van der Waals surface area contributed by atoms with Gasteiger partial charge in [0.05, 0.1) is 40.3 Å². The summed E-state index contributed by atoms with van der Waals surface area (Å²) in [5, 5.41) is 14.1. The Morgan fingerprint density at radius 2 is 1.14 bits per heavy atom. The van der Waals surface area contributed by atoms with Crippen LogP contribution in [-0.2, 0) is 0 Å². The van der Waals surface area contributed by atoms with Gasteiger partial charge in [-0.3, -0.25) is 0 Å². The topological polar surface area (TPSA) is 38.0 Å². The zero-order valence-corrected chi connectivity index (χ0v) is 22.5. The molecule has 0 unspecified atom stereocenters. The van der Waals surface area contributed by atoms with Gasteiger partial charge >= 0.3 is 0 Å². The van der Waals surface area contributed by atoms with Gasteiger partial charge in [0, 0.05) is 32.9 Å². The van der Waals surface area contributed by atoms with E-state index < -0.39 is 0 Å². The summed E-state index contributed by atoms with van der Waals surface area (Å²) in [6.07, 6.45) is 0. The van der Waals surface area contributed by atoms with Crippen LogP contribution in [0, 0.1) is 17.9 Å². The molecule has 0 atom stereocenters. The third kappa shape index (κ3) is 3.53. The van der Waals surface area contributed by atoms with E-state index >= 15 is 0 Å². The standard InChI is InChI=1S/C38H22N4/c1-40-28-8-6-7-27(22-28)26-14-16-29(17-15-26)41-35-11-4-2-9-31(35)33-19-18-30(23-38(33)41)42-36-12-5-3-10-32(36)34-21-25(24-39)13-20-37(34)42/h2-23H. The summed E-state index contributed by atoms with van der Waals surface area (Å²) in [4.78, 5) is 3.59. The highest BCUT2D eigenvalue weighted by molar-refractivity contribution is 6.12. The van der Waals surface area contributed by atoms with Gasteiger partial charge in [-0.05, 0) is 71.8 Å². The van der Waals surface area contributed by atoms with Gasteiger partial charge in [-0.2, -0.15) is 5.26 Å². The molecule has 0 spiro atoms. The molecule has 194 valence electrons. The minimum Gasteiger partial charge on any atom is -0.309 e. The third-order valence-corrected chi connectivity index (χ3v) is 8.15. The molecule has 6 aromatic carbocycles. The summed E-state index contributed by atoms with van der Waals surface area (Å²) in [5.41, 5.74) is 9.99. The van der Waals surface area contributed by atoms with Crippen LogP contribution in [0.4, 0.5) is 5.69 Å². The van der Waals surface area contributed by atoms with Gasteiger partial charge in [0.1, 0.15) is 0 Å². The quantitative estimate of drug-likeness (QED) is 0.208. The van der Waals surface area contributed by atoms with Crippen LogP contribution in [0.3, 0.4) is 0 Å². The summed E-state index contributed by atoms with van der Waals surface area (Å²) < 4.78 is 4.62. The first kappa shape index (κ1) is 23.8. The lowest BCUT2D eigenvalue weighted by molar-refractivity contribution is 1.15. The maximum absolute atomic E-state index is 9.55. The van der Waals surface area contributed by atoms with Crippen molar-refractivity contribution in [3.05, 3.63) is 150 Å². The monoisotopic (exact) mass is 534 g/mol. The predicted molar refractivity (Wildman–Crippen MR) is 172 cm³/mol. The minimum atomic E-state index is 0.639. The fraction of sp³-hybridized carbons (Fsp3) is 0. The second-order valence-corrected chi connectivity index (χ2v) is 10.5. The molecular weight excluding hydrogens is 512 g/mol. The van der Waals surface area contributed by atoms with E-state index in [2.05, 4.69) is 111 Å². The van der Waals surface area contributed by atoms with Crippen LogP contribution in [0.5, 0.6) is 0 Å². The van der Waals surface area contributed by atoms with Crippen molar-refractivity contribution in [3.8, 4) is 28.6 Å². The molecule has 8 rings (SSSR count). The first-order chi connectivity index (χ1) is 20.7. The van der Waals surface area contributed by atoms with Crippen molar-refractivity contribution < 1.29 is 0 Å². The molecule has 8 aromatic rings. The Bertz CT molecular complexity index is 2430. The van der Waals surface area contributed by atoms with Gasteiger partial charge < -0.3 is 9.13 Å². The van der Waals surface area contributed by atoms with Crippen LogP contribution in [0.15, 0.2) is 133 Å². The summed E-state index contributed by atoms with van der Waals surface area (Å²) in [7, 11) is 0. The van der Waals surface area contributed by atoms with Crippen molar-refractivity contribution in [1.82, 2.24) is 9.13 Å². The Hall–Kier alpha value is -6.10. The van der Waals surface area contributed by atoms with Gasteiger partial charge in [0.15, 0.2) is 5.69 Å². The summed E-state index contributed by atoms with van der Waals surface area (Å²) in [6, 6.07) is 48.1. The molecule has 0 fully saturated rings. The molecule has 2 heterocycles. The van der Waals surface area contributed by atoms with E-state index in [1.807, 2.05) is 42.5 Å². The van der Waals surface area contributed by atoms with Crippen molar-refractivity contribution in [2.24, 2.45) is 0 Å². The highest BCUT2D eigenvalue weighted by Gasteiger charge is 2.16. The molecule has 0 saturated heterocycles. The van der Waals surface area contributed by atoms with E-state index in [1.165, 1.54) is 10.8 Å². The molecule has 4 nitrogen and oxygen atoms in total. The van der Waals surface area contributed by atoms with Crippen molar-refractivity contribution in [3.63, 3.8) is 0 Å². The second kappa shape index (κ2) is 9.24. The number of nitriles is 1. The van der Waals surface area contributed by atoms with E-state index in [4.69, 9.17) is 6.57 Å². The van der Waals surface area contributed by atoms with E-state index in [-0.39, 0.29) is 0 Å². The lowest BCUT2D eigenvalue weighted by Gasteiger charge is -2.12. The van der Waals surface area contributed by atoms with Crippen molar-refractivity contribution in [1.29, 1.82) is 5.26 Å². The Morgan fingerprint density at radius 1 is 0.500 bits per heavy atom. The molecule has 0 aliphatic rings. The van der Waals surface area contributed by atoms with E-state index in [1.54, 1.807) is 0 Å². The number of aromatic nitrogens is 2. The number of hydrogen-bond donors (Lipinski definition) is 0. The smallest absolute Gasteiger partial charge is 0.187 e. The number of fused-ring (bicyclic) bond motifs is 6. The maximum atomic E-state index is 9.55. The number of hydrogen-bond acceptors (Lipinski definition) is 1. The number of rotatable bonds is 3. The van der Waals surface area contributed by atoms with Crippen LogP contribution < -0.4 is 0 Å². The second-order valence-electron chi connectivity index (χ2n) is 10.5. The Balaban J connectivity index is 1.36. The molecule has 2 aromatic heterocycles. The lowest BCUT2D eigenvalue weighted by atomic mass is 10.0. The summed E-state index contributed by atoms with van der Waals surface area (Å²) in [5.74, 6) is 0. The summed E-state index contributed by atoms with van der Waals surface area (Å²) in [6.45, 7) is 7.37. The molecular formula is C38H22N4. The van der Waals surface area contributed by atoms with Crippen LogP contribution >= 0.6 is 0 Å². The van der Waals surface area contributed by atoms with Crippen LogP contribution in [-0.4, -0.2) is 9.13 Å². The molecule has 0 N–H and O–H groups in total. The maximum Gasteiger partial charge on any atom is 0.187 e. The van der Waals surface area contributed by atoms with E-state index in [9.17, 15) is 5.26 Å². The van der Waals surface area contributed by atoms with Crippen LogP contribution in [0.25, 0.3) is 71.0 Å². The van der Waals surface area contributed by atoms with Crippen molar-refractivity contribution in [2.75, 3.05) is 0 Å². The number of para-hydroxylation sites is 2. The fourth-order valence-electron chi connectivity index (χ4n) is 6.25. The molecule has 0 aliphatic heterocycles. The molecule has 42 heavy (non-hydrogen) atoms. The van der Waals surface area contributed by atoms with E-state index in [0.717, 1.165) is 55.3 Å². The molecule has 4 heteroatoms. The van der Waals surface area contributed by atoms with Gasteiger partial charge in [-0.1, -0.05) is 72.8 Å². The van der Waals surface area contributed by atoms with Crippen LogP contribution in [0.1, 0.15) is 5.56 Å². The Labute approximate surface area is 242 Å². The minimum absolute atomic E-state index is 0.639. The predicted octanol–water partition coefficient (Wildman–Crippen LogP) is 9.97. The Kier molecular flexibility index (Phi) is 5.22. The Morgan fingerprint density at radius 3 is 1.88 bits per heavy atom. The number of benzene rings is 6. The van der Waals surface area contributed by atoms with Gasteiger partial charge in [-0.25, -0.2) is 4.85 Å². The van der Waals surface area contributed by atoms with Crippen molar-refractivity contribution >= 4 is 49.3 Å². The molecule has 0 radical (unpaired) electrons. The van der Waals surface area contributed by atoms with E-state index in [0.29, 0.717) is 11.3 Å². The SMILES string of the molecule is [C-]#[N+]c1cccc(-c2ccc(-n3c4ccccc4c4ccc(-n5c6ccccc6c6cc(C#N)ccc65)cc43)cc2)c1. The summed E-state index contributed by atoms with van der Waals surface area (Å²) >= 11 is 0. The zero-order valence-electron chi connectivity index (χ0n) is 22.5. The van der Waals surface area contributed by atoms with Crippen molar-refractivity contribution in [2.45, 2.75) is 0 Å². The first-order valence-corrected chi connectivity index (χ1v) is 13.8. The zero-order chi connectivity index (χ0) is 28.2. The number of nitrogens with zero attached hydrogens (tertiary/aromatic N) is 4. The normalized spacial score (nSPS) is 11.3. The highest BCUT2D eigenvalue weighted by Crippen LogP contribution is 2.37. The lowest BCUT2D eigenvalue weighted by Crippen LogP contribution is -1.97. The largest absolute Gasteiger partial charge is 0.309 e. The van der Waals surface area contributed by atoms with Gasteiger partial charge in [0.2, 0.25) is 0 Å². The van der Waals surface area contributed by atoms with Gasteiger partial charge in [0.25, 0.3) is 0 Å². The molecule has 0 bridgehead atoms.